The number of hydrogen-bond donors (Lipinski definition) is 1. The van der Waals surface area contributed by atoms with Crippen molar-refractivity contribution in [1.29, 1.82) is 0 Å². The molecule has 0 bridgehead atoms. The lowest BCUT2D eigenvalue weighted by Gasteiger charge is -1.92. The van der Waals surface area contributed by atoms with Crippen LogP contribution in [-0.2, 0) is 0 Å². The van der Waals surface area contributed by atoms with Crippen LogP contribution in [0.1, 0.15) is 5.56 Å². The van der Waals surface area contributed by atoms with Crippen molar-refractivity contribution < 1.29 is 4.42 Å². The standard InChI is InChI=1S/C11H8INO/c1-6-5-14-9-3-2-8-7(11(6)9)4-10(12)13-8/h2-5,13H,1H3. The first kappa shape index (κ1) is 8.35. The lowest BCUT2D eigenvalue weighted by atomic mass is 10.1. The maximum Gasteiger partial charge on any atom is 0.134 e. The van der Waals surface area contributed by atoms with Gasteiger partial charge in [-0.25, -0.2) is 0 Å². The minimum atomic E-state index is 0.963. The first-order valence-corrected chi connectivity index (χ1v) is 5.48. The molecule has 0 fully saturated rings. The molecule has 0 aliphatic rings. The summed E-state index contributed by atoms with van der Waals surface area (Å²) in [6, 6.07) is 6.22. The number of rotatable bonds is 0. The fourth-order valence-corrected chi connectivity index (χ4v) is 2.47. The number of H-pyrrole nitrogens is 1. The van der Waals surface area contributed by atoms with E-state index in [1.165, 1.54) is 21.9 Å². The molecule has 0 saturated carbocycles. The van der Waals surface area contributed by atoms with Gasteiger partial charge < -0.3 is 9.40 Å². The summed E-state index contributed by atoms with van der Waals surface area (Å²) in [6.45, 7) is 2.07. The molecule has 0 unspecified atom stereocenters. The molecule has 3 rings (SSSR count). The van der Waals surface area contributed by atoms with E-state index in [9.17, 15) is 0 Å². The van der Waals surface area contributed by atoms with Gasteiger partial charge in [0.2, 0.25) is 0 Å². The molecular formula is C11H8INO. The Bertz CT molecular complexity index is 621. The van der Waals surface area contributed by atoms with Gasteiger partial charge in [0.1, 0.15) is 5.58 Å². The number of benzene rings is 1. The molecule has 0 radical (unpaired) electrons. The molecule has 0 saturated heterocycles. The maximum absolute atomic E-state index is 5.45. The quantitative estimate of drug-likeness (QED) is 0.628. The SMILES string of the molecule is Cc1coc2ccc3[nH]c(I)cc3c12. The number of aromatic amines is 1. The van der Waals surface area contributed by atoms with Crippen molar-refractivity contribution in [3.05, 3.63) is 33.7 Å². The minimum absolute atomic E-state index is 0.963. The zero-order chi connectivity index (χ0) is 9.71. The van der Waals surface area contributed by atoms with Gasteiger partial charge in [0.25, 0.3) is 0 Å². The first-order valence-electron chi connectivity index (χ1n) is 4.41. The molecule has 1 N–H and O–H groups in total. The molecule has 0 atom stereocenters. The number of hydrogen-bond acceptors (Lipinski definition) is 1. The van der Waals surface area contributed by atoms with Crippen molar-refractivity contribution in [1.82, 2.24) is 4.98 Å². The minimum Gasteiger partial charge on any atom is -0.464 e. The average Bonchev–Trinajstić information content (AvgIpc) is 2.68. The molecule has 0 aliphatic carbocycles. The van der Waals surface area contributed by atoms with E-state index in [1.807, 2.05) is 12.3 Å². The van der Waals surface area contributed by atoms with Crippen LogP contribution in [0.2, 0.25) is 0 Å². The number of aromatic nitrogens is 1. The molecule has 3 aromatic rings. The van der Waals surface area contributed by atoms with E-state index in [1.54, 1.807) is 0 Å². The van der Waals surface area contributed by atoms with Crippen LogP contribution in [0.15, 0.2) is 28.9 Å². The molecular weight excluding hydrogens is 289 g/mol. The lowest BCUT2D eigenvalue weighted by Crippen LogP contribution is -1.71. The monoisotopic (exact) mass is 297 g/mol. The van der Waals surface area contributed by atoms with E-state index in [0.717, 1.165) is 9.28 Å². The molecule has 0 aliphatic heterocycles. The molecule has 3 heteroatoms. The van der Waals surface area contributed by atoms with Gasteiger partial charge in [0.15, 0.2) is 0 Å². The second kappa shape index (κ2) is 2.76. The van der Waals surface area contributed by atoms with Crippen molar-refractivity contribution in [2.75, 3.05) is 0 Å². The predicted octanol–water partition coefficient (Wildman–Crippen LogP) is 3.83. The van der Waals surface area contributed by atoms with Gasteiger partial charge in [-0.15, -0.1) is 0 Å². The Morgan fingerprint density at radius 3 is 3.07 bits per heavy atom. The fraction of sp³-hybridized carbons (Fsp3) is 0.0909. The van der Waals surface area contributed by atoms with Crippen molar-refractivity contribution in [3.8, 4) is 0 Å². The highest BCUT2D eigenvalue weighted by molar-refractivity contribution is 14.1. The maximum atomic E-state index is 5.45. The number of halogens is 1. The van der Waals surface area contributed by atoms with Gasteiger partial charge in [-0.2, -0.15) is 0 Å². The van der Waals surface area contributed by atoms with Gasteiger partial charge in [-0.05, 0) is 53.3 Å². The van der Waals surface area contributed by atoms with Crippen LogP contribution in [-0.4, -0.2) is 4.98 Å². The Kier molecular flexibility index (Phi) is 1.65. The van der Waals surface area contributed by atoms with E-state index in [2.05, 4.69) is 46.6 Å². The smallest absolute Gasteiger partial charge is 0.134 e. The van der Waals surface area contributed by atoms with Crippen LogP contribution >= 0.6 is 22.6 Å². The van der Waals surface area contributed by atoms with Crippen molar-refractivity contribution in [2.24, 2.45) is 0 Å². The van der Waals surface area contributed by atoms with Gasteiger partial charge >= 0.3 is 0 Å². The zero-order valence-corrected chi connectivity index (χ0v) is 9.75. The highest BCUT2D eigenvalue weighted by atomic mass is 127. The van der Waals surface area contributed by atoms with E-state index >= 15 is 0 Å². The molecule has 2 nitrogen and oxygen atoms in total. The first-order chi connectivity index (χ1) is 6.75. The molecule has 14 heavy (non-hydrogen) atoms. The van der Waals surface area contributed by atoms with E-state index in [0.29, 0.717) is 0 Å². The largest absolute Gasteiger partial charge is 0.464 e. The van der Waals surface area contributed by atoms with Gasteiger partial charge in [0.05, 0.1) is 9.96 Å². The van der Waals surface area contributed by atoms with E-state index in [-0.39, 0.29) is 0 Å². The van der Waals surface area contributed by atoms with Gasteiger partial charge in [0, 0.05) is 16.3 Å². The number of nitrogens with one attached hydrogen (secondary N) is 1. The molecule has 1 aromatic carbocycles. The van der Waals surface area contributed by atoms with Crippen LogP contribution in [0.25, 0.3) is 21.9 Å². The summed E-state index contributed by atoms with van der Waals surface area (Å²) in [7, 11) is 0. The fourth-order valence-electron chi connectivity index (χ4n) is 1.87. The Morgan fingerprint density at radius 1 is 1.36 bits per heavy atom. The summed E-state index contributed by atoms with van der Waals surface area (Å²) in [6.07, 6.45) is 1.81. The lowest BCUT2D eigenvalue weighted by molar-refractivity contribution is 0.613. The third kappa shape index (κ3) is 1.02. The summed E-state index contributed by atoms with van der Waals surface area (Å²) in [5.41, 5.74) is 3.33. The van der Waals surface area contributed by atoms with Crippen LogP contribution < -0.4 is 0 Å². The molecule has 0 amide bonds. The highest BCUT2D eigenvalue weighted by Gasteiger charge is 2.08. The molecule has 70 valence electrons. The van der Waals surface area contributed by atoms with Crippen molar-refractivity contribution in [3.63, 3.8) is 0 Å². The number of fused-ring (bicyclic) bond motifs is 3. The second-order valence-electron chi connectivity index (χ2n) is 3.44. The Morgan fingerprint density at radius 2 is 2.21 bits per heavy atom. The van der Waals surface area contributed by atoms with Crippen LogP contribution in [0.4, 0.5) is 0 Å². The highest BCUT2D eigenvalue weighted by Crippen LogP contribution is 2.30. The summed E-state index contributed by atoms with van der Waals surface area (Å²) in [5.74, 6) is 0. The van der Waals surface area contributed by atoms with E-state index < -0.39 is 0 Å². The molecule has 2 heterocycles. The third-order valence-corrected chi connectivity index (χ3v) is 3.07. The molecule has 2 aromatic heterocycles. The van der Waals surface area contributed by atoms with Crippen molar-refractivity contribution in [2.45, 2.75) is 6.92 Å². The third-order valence-electron chi connectivity index (χ3n) is 2.49. The van der Waals surface area contributed by atoms with Crippen LogP contribution in [0, 0.1) is 10.6 Å². The van der Waals surface area contributed by atoms with Gasteiger partial charge in [-0.1, -0.05) is 0 Å². The predicted molar refractivity (Wildman–Crippen MR) is 65.5 cm³/mol. The Hall–Kier alpha value is -0.970. The summed E-state index contributed by atoms with van der Waals surface area (Å²) in [4.78, 5) is 3.31. The number of aryl methyl sites for hydroxylation is 1. The Labute approximate surface area is 94.4 Å². The summed E-state index contributed by atoms with van der Waals surface area (Å²) >= 11 is 2.29. The Balaban J connectivity index is 2.64. The van der Waals surface area contributed by atoms with Gasteiger partial charge in [-0.3, -0.25) is 0 Å². The average molecular weight is 297 g/mol. The van der Waals surface area contributed by atoms with Crippen molar-refractivity contribution >= 4 is 44.5 Å². The summed E-state index contributed by atoms with van der Waals surface area (Å²) < 4.78 is 6.61. The molecule has 0 spiro atoms. The van der Waals surface area contributed by atoms with Crippen LogP contribution in [0.5, 0.6) is 0 Å². The second-order valence-corrected chi connectivity index (χ2v) is 4.60. The van der Waals surface area contributed by atoms with Crippen LogP contribution in [0.3, 0.4) is 0 Å². The summed E-state index contributed by atoms with van der Waals surface area (Å²) in [5, 5.41) is 2.47. The normalized spacial score (nSPS) is 11.6. The number of furan rings is 1. The topological polar surface area (TPSA) is 28.9 Å². The van der Waals surface area contributed by atoms with E-state index in [4.69, 9.17) is 4.42 Å². The zero-order valence-electron chi connectivity index (χ0n) is 7.60.